The SMILES string of the molecule is CCCCCCCCCCCCCCCCCCCCCCCCCCCCCCCCCCC(=O)OC(COC(=O)CCCCCCCCCCCCCCCCCCCCCCCCCC)COP(=O)([O-])OCC[N+](C)(C)C. The summed E-state index contributed by atoms with van der Waals surface area (Å²) in [5.74, 6) is -0.803. The second kappa shape index (κ2) is 62.5. The van der Waals surface area contributed by atoms with Gasteiger partial charge in [-0.05, 0) is 12.8 Å². The Morgan fingerprint density at radius 1 is 0.338 bits per heavy atom. The number of rotatable bonds is 68. The first-order chi connectivity index (χ1) is 39.0. The molecule has 0 amide bonds. The number of likely N-dealkylation sites (N-methyl/N-ethyl adjacent to an activating group) is 1. The summed E-state index contributed by atoms with van der Waals surface area (Å²) in [4.78, 5) is 38.0. The van der Waals surface area contributed by atoms with Gasteiger partial charge in [0.05, 0.1) is 27.7 Å². The lowest BCUT2D eigenvalue weighted by molar-refractivity contribution is -0.870. The van der Waals surface area contributed by atoms with Crippen molar-refractivity contribution >= 4 is 19.8 Å². The van der Waals surface area contributed by atoms with Gasteiger partial charge in [-0.3, -0.25) is 14.2 Å². The first-order valence-electron chi connectivity index (χ1n) is 35.7. The molecule has 0 saturated heterocycles. The number of esters is 2. The highest BCUT2D eigenvalue weighted by molar-refractivity contribution is 7.45. The molecule has 0 radical (unpaired) electrons. The first-order valence-corrected chi connectivity index (χ1v) is 37.2. The normalized spacial score (nSPS) is 13.0. The van der Waals surface area contributed by atoms with Crippen molar-refractivity contribution < 1.29 is 42.1 Å². The molecule has 0 rings (SSSR count). The van der Waals surface area contributed by atoms with Gasteiger partial charge in [0.1, 0.15) is 19.8 Å². The lowest BCUT2D eigenvalue weighted by Gasteiger charge is -2.28. The van der Waals surface area contributed by atoms with E-state index in [-0.39, 0.29) is 32.0 Å². The molecule has 0 heterocycles. The molecule has 2 unspecified atom stereocenters. The van der Waals surface area contributed by atoms with E-state index in [1.165, 1.54) is 321 Å². The highest BCUT2D eigenvalue weighted by Crippen LogP contribution is 2.38. The van der Waals surface area contributed by atoms with Gasteiger partial charge in [-0.15, -0.1) is 0 Å². The first kappa shape index (κ1) is 79.0. The smallest absolute Gasteiger partial charge is 0.306 e. The number of phosphoric ester groups is 1. The third-order valence-corrected chi connectivity index (χ3v) is 17.6. The van der Waals surface area contributed by atoms with Gasteiger partial charge in [-0.1, -0.05) is 361 Å². The largest absolute Gasteiger partial charge is 0.756 e. The van der Waals surface area contributed by atoms with Crippen molar-refractivity contribution in [3.8, 4) is 0 Å². The van der Waals surface area contributed by atoms with E-state index >= 15 is 0 Å². The Morgan fingerprint density at radius 2 is 0.562 bits per heavy atom. The van der Waals surface area contributed by atoms with Crippen LogP contribution in [-0.4, -0.2) is 70.0 Å². The molecular formula is C70H140NO8P. The highest BCUT2D eigenvalue weighted by atomic mass is 31.2. The Labute approximate surface area is 499 Å². The molecule has 478 valence electrons. The van der Waals surface area contributed by atoms with Crippen molar-refractivity contribution in [2.24, 2.45) is 0 Å². The van der Waals surface area contributed by atoms with Crippen molar-refractivity contribution in [1.29, 1.82) is 0 Å². The molecule has 9 nitrogen and oxygen atoms in total. The molecular weight excluding hydrogens is 1010 g/mol. The van der Waals surface area contributed by atoms with Gasteiger partial charge >= 0.3 is 11.9 Å². The number of ether oxygens (including phenoxy) is 2. The van der Waals surface area contributed by atoms with E-state index in [4.69, 9.17) is 18.5 Å². The van der Waals surface area contributed by atoms with Crippen LogP contribution in [0.25, 0.3) is 0 Å². The summed E-state index contributed by atoms with van der Waals surface area (Å²) in [6.07, 6.45) is 74.8. The number of unbranched alkanes of at least 4 members (excludes halogenated alkanes) is 54. The van der Waals surface area contributed by atoms with E-state index in [1.54, 1.807) is 0 Å². The van der Waals surface area contributed by atoms with Crippen LogP contribution >= 0.6 is 7.82 Å². The zero-order chi connectivity index (χ0) is 58.4. The fraction of sp³-hybridized carbons (Fsp3) is 0.971. The number of hydrogen-bond acceptors (Lipinski definition) is 8. The molecule has 0 aliphatic carbocycles. The topological polar surface area (TPSA) is 111 Å². The lowest BCUT2D eigenvalue weighted by Crippen LogP contribution is -2.37. The summed E-state index contributed by atoms with van der Waals surface area (Å²) in [6, 6.07) is 0. The van der Waals surface area contributed by atoms with Crippen LogP contribution in [0.15, 0.2) is 0 Å². The Bertz CT molecular complexity index is 1310. The maximum Gasteiger partial charge on any atom is 0.306 e. The number of hydrogen-bond donors (Lipinski definition) is 0. The van der Waals surface area contributed by atoms with Crippen LogP contribution < -0.4 is 4.89 Å². The number of carbonyl (C=O) groups is 2. The second-order valence-electron chi connectivity index (χ2n) is 26.0. The van der Waals surface area contributed by atoms with E-state index in [1.807, 2.05) is 21.1 Å². The van der Waals surface area contributed by atoms with Gasteiger partial charge in [-0.2, -0.15) is 0 Å². The predicted octanol–water partition coefficient (Wildman–Crippen LogP) is 22.3. The number of nitrogens with zero attached hydrogens (tertiary/aromatic N) is 1. The fourth-order valence-electron chi connectivity index (χ4n) is 11.1. The number of carbonyl (C=O) groups excluding carboxylic acids is 2. The average Bonchev–Trinajstić information content (AvgIpc) is 3.42. The van der Waals surface area contributed by atoms with Crippen molar-refractivity contribution in [3.63, 3.8) is 0 Å². The predicted molar refractivity (Wildman–Crippen MR) is 342 cm³/mol. The van der Waals surface area contributed by atoms with E-state index in [9.17, 15) is 19.0 Å². The maximum atomic E-state index is 12.9. The monoisotopic (exact) mass is 1150 g/mol. The van der Waals surface area contributed by atoms with Crippen LogP contribution in [-0.2, 0) is 32.7 Å². The standard InChI is InChI=1S/C70H140NO8P/c1-6-8-10-12-14-16-18-20-22-24-26-28-30-32-33-34-35-36-37-38-39-41-43-45-47-49-51-53-55-57-59-61-63-70(73)79-68(67-78-80(74,75)77-65-64-71(3,4)5)66-76-69(72)62-60-58-56-54-52-50-48-46-44-42-40-31-29-27-25-23-21-19-17-15-13-11-9-7-2/h68H,6-67H2,1-5H3. The van der Waals surface area contributed by atoms with Crippen LogP contribution in [0, 0.1) is 0 Å². The molecule has 0 saturated carbocycles. The summed E-state index contributed by atoms with van der Waals surface area (Å²) in [6.45, 7) is 4.34. The van der Waals surface area contributed by atoms with Gasteiger partial charge in [-0.25, -0.2) is 0 Å². The zero-order valence-corrected chi connectivity index (χ0v) is 55.5. The average molecular weight is 1150 g/mol. The van der Waals surface area contributed by atoms with E-state index in [0.29, 0.717) is 17.4 Å². The molecule has 2 atom stereocenters. The number of phosphoric acid groups is 1. The van der Waals surface area contributed by atoms with Gasteiger partial charge in [0.25, 0.3) is 7.82 Å². The van der Waals surface area contributed by atoms with Crippen LogP contribution in [0.1, 0.15) is 386 Å². The summed E-state index contributed by atoms with van der Waals surface area (Å²) < 4.78 is 34.3. The van der Waals surface area contributed by atoms with E-state index in [2.05, 4.69) is 13.8 Å². The zero-order valence-electron chi connectivity index (χ0n) is 54.6. The highest BCUT2D eigenvalue weighted by Gasteiger charge is 2.22. The molecule has 0 aromatic carbocycles. The third kappa shape index (κ3) is 66.2. The molecule has 0 N–H and O–H groups in total. The van der Waals surface area contributed by atoms with Crippen LogP contribution in [0.2, 0.25) is 0 Å². The summed E-state index contributed by atoms with van der Waals surface area (Å²) in [5.41, 5.74) is 0. The minimum atomic E-state index is -4.63. The van der Waals surface area contributed by atoms with Crippen LogP contribution in [0.4, 0.5) is 0 Å². The third-order valence-electron chi connectivity index (χ3n) is 16.6. The van der Waals surface area contributed by atoms with Gasteiger partial charge in [0.2, 0.25) is 0 Å². The van der Waals surface area contributed by atoms with Crippen LogP contribution in [0.3, 0.4) is 0 Å². The van der Waals surface area contributed by atoms with Crippen molar-refractivity contribution in [3.05, 3.63) is 0 Å². The Morgan fingerprint density at radius 3 is 0.800 bits per heavy atom. The van der Waals surface area contributed by atoms with Crippen molar-refractivity contribution in [2.75, 3.05) is 47.5 Å². The molecule has 0 fully saturated rings. The summed E-state index contributed by atoms with van der Waals surface area (Å²) >= 11 is 0. The molecule has 0 aromatic heterocycles. The second-order valence-corrected chi connectivity index (χ2v) is 27.4. The molecule has 0 aliphatic heterocycles. The lowest BCUT2D eigenvalue weighted by atomic mass is 10.0. The molecule has 0 bridgehead atoms. The van der Waals surface area contributed by atoms with E-state index in [0.717, 1.165) is 32.1 Å². The van der Waals surface area contributed by atoms with Gasteiger partial charge in [0.15, 0.2) is 6.10 Å². The van der Waals surface area contributed by atoms with Crippen molar-refractivity contribution in [2.45, 2.75) is 392 Å². The molecule has 10 heteroatoms. The van der Waals surface area contributed by atoms with Gasteiger partial charge in [0, 0.05) is 12.8 Å². The van der Waals surface area contributed by atoms with Gasteiger partial charge < -0.3 is 27.9 Å². The molecule has 0 aliphatic rings. The minimum Gasteiger partial charge on any atom is -0.756 e. The van der Waals surface area contributed by atoms with Crippen molar-refractivity contribution in [1.82, 2.24) is 0 Å². The summed E-state index contributed by atoms with van der Waals surface area (Å²) in [5, 5.41) is 0. The Kier molecular flexibility index (Phi) is 61.8. The van der Waals surface area contributed by atoms with E-state index < -0.39 is 26.5 Å². The number of quaternary nitrogens is 1. The Balaban J connectivity index is 3.95. The maximum absolute atomic E-state index is 12.9. The molecule has 0 spiro atoms. The summed E-state index contributed by atoms with van der Waals surface area (Å²) in [7, 11) is 1.20. The Hall–Kier alpha value is -0.990. The molecule has 80 heavy (non-hydrogen) atoms. The van der Waals surface area contributed by atoms with Crippen LogP contribution in [0.5, 0.6) is 0 Å². The minimum absolute atomic E-state index is 0.0248. The fourth-order valence-corrected chi connectivity index (χ4v) is 11.9. The quantitative estimate of drug-likeness (QED) is 0.0256. The molecule has 0 aromatic rings.